The number of esters is 1. The van der Waals surface area contributed by atoms with E-state index in [9.17, 15) is 14.4 Å². The standard InChI is InChI=1S/C22H26N2O4/c1-4-6-14-24(3)21(26)18-9-7-8-17(15-18)20(25)23-19-12-10-16(11-13-19)22(27)28-5-2/h7-13,15H,4-6,14H2,1-3H3,(H,23,25). The lowest BCUT2D eigenvalue weighted by atomic mass is 10.1. The van der Waals surface area contributed by atoms with Gasteiger partial charge in [0, 0.05) is 30.4 Å². The molecular formula is C22H26N2O4. The summed E-state index contributed by atoms with van der Waals surface area (Å²) in [6, 6.07) is 13.1. The number of amides is 2. The second kappa shape index (κ2) is 10.3. The zero-order chi connectivity index (χ0) is 20.5. The minimum absolute atomic E-state index is 0.109. The van der Waals surface area contributed by atoms with Gasteiger partial charge in [0.1, 0.15) is 0 Å². The Bertz CT molecular complexity index is 831. The van der Waals surface area contributed by atoms with E-state index in [1.165, 1.54) is 0 Å². The fourth-order valence-electron chi connectivity index (χ4n) is 2.62. The first-order valence-corrected chi connectivity index (χ1v) is 9.40. The van der Waals surface area contributed by atoms with E-state index < -0.39 is 5.97 Å². The molecule has 0 saturated heterocycles. The predicted octanol–water partition coefficient (Wildman–Crippen LogP) is 3.99. The van der Waals surface area contributed by atoms with Gasteiger partial charge in [-0.3, -0.25) is 9.59 Å². The fraction of sp³-hybridized carbons (Fsp3) is 0.318. The summed E-state index contributed by atoms with van der Waals surface area (Å²) in [7, 11) is 1.76. The van der Waals surface area contributed by atoms with Crippen LogP contribution in [0.2, 0.25) is 0 Å². The minimum Gasteiger partial charge on any atom is -0.462 e. The molecule has 0 fully saturated rings. The number of anilines is 1. The van der Waals surface area contributed by atoms with Crippen LogP contribution in [0.1, 0.15) is 57.8 Å². The topological polar surface area (TPSA) is 75.7 Å². The largest absolute Gasteiger partial charge is 0.462 e. The molecule has 0 aromatic heterocycles. The molecule has 2 amide bonds. The lowest BCUT2D eigenvalue weighted by Gasteiger charge is -2.17. The normalized spacial score (nSPS) is 10.2. The maximum absolute atomic E-state index is 12.5. The highest BCUT2D eigenvalue weighted by atomic mass is 16.5. The van der Waals surface area contributed by atoms with Crippen LogP contribution < -0.4 is 5.32 Å². The Kier molecular flexibility index (Phi) is 7.75. The van der Waals surface area contributed by atoms with E-state index in [0.29, 0.717) is 35.5 Å². The van der Waals surface area contributed by atoms with Crippen molar-refractivity contribution in [1.29, 1.82) is 0 Å². The van der Waals surface area contributed by atoms with Crippen LogP contribution in [0, 0.1) is 0 Å². The lowest BCUT2D eigenvalue weighted by molar-refractivity contribution is 0.0526. The zero-order valence-corrected chi connectivity index (χ0v) is 16.5. The van der Waals surface area contributed by atoms with Crippen LogP contribution in [0.15, 0.2) is 48.5 Å². The maximum atomic E-state index is 12.5. The van der Waals surface area contributed by atoms with Crippen LogP contribution in [0.25, 0.3) is 0 Å². The van der Waals surface area contributed by atoms with Crippen molar-refractivity contribution >= 4 is 23.5 Å². The molecule has 2 aromatic carbocycles. The van der Waals surface area contributed by atoms with Crippen LogP contribution in [0.5, 0.6) is 0 Å². The molecule has 0 bridgehead atoms. The molecule has 148 valence electrons. The first kappa shape index (κ1) is 21.2. The Morgan fingerprint density at radius 1 is 0.964 bits per heavy atom. The summed E-state index contributed by atoms with van der Waals surface area (Å²) in [5.41, 5.74) is 1.84. The highest BCUT2D eigenvalue weighted by Gasteiger charge is 2.14. The van der Waals surface area contributed by atoms with Gasteiger partial charge >= 0.3 is 5.97 Å². The van der Waals surface area contributed by atoms with Crippen molar-refractivity contribution in [2.45, 2.75) is 26.7 Å². The SMILES string of the molecule is CCCCN(C)C(=O)c1cccc(C(=O)Nc2ccc(C(=O)OCC)cc2)c1. The molecule has 2 rings (SSSR count). The van der Waals surface area contributed by atoms with Crippen molar-refractivity contribution in [2.75, 3.05) is 25.5 Å². The summed E-state index contributed by atoms with van der Waals surface area (Å²) in [5, 5.41) is 2.77. The van der Waals surface area contributed by atoms with Gasteiger partial charge in [0.05, 0.1) is 12.2 Å². The Morgan fingerprint density at radius 2 is 1.64 bits per heavy atom. The van der Waals surface area contributed by atoms with Crippen molar-refractivity contribution in [3.8, 4) is 0 Å². The van der Waals surface area contributed by atoms with Gasteiger partial charge in [-0.05, 0) is 55.8 Å². The number of hydrogen-bond donors (Lipinski definition) is 1. The maximum Gasteiger partial charge on any atom is 0.338 e. The van der Waals surface area contributed by atoms with Crippen molar-refractivity contribution in [3.63, 3.8) is 0 Å². The van der Waals surface area contributed by atoms with Crippen LogP contribution in [0.3, 0.4) is 0 Å². The van der Waals surface area contributed by atoms with E-state index in [1.807, 2.05) is 0 Å². The van der Waals surface area contributed by atoms with Crippen molar-refractivity contribution in [3.05, 3.63) is 65.2 Å². The Balaban J connectivity index is 2.06. The summed E-state index contributed by atoms with van der Waals surface area (Å²) in [5.74, 6) is -0.838. The third-order valence-electron chi connectivity index (χ3n) is 4.22. The molecule has 2 aromatic rings. The predicted molar refractivity (Wildman–Crippen MR) is 109 cm³/mol. The van der Waals surface area contributed by atoms with E-state index in [-0.39, 0.29) is 11.8 Å². The molecule has 0 aliphatic rings. The van der Waals surface area contributed by atoms with Gasteiger partial charge in [0.25, 0.3) is 11.8 Å². The van der Waals surface area contributed by atoms with Crippen molar-refractivity contribution < 1.29 is 19.1 Å². The number of rotatable bonds is 8. The van der Waals surface area contributed by atoms with Crippen LogP contribution >= 0.6 is 0 Å². The first-order valence-electron chi connectivity index (χ1n) is 9.40. The molecule has 28 heavy (non-hydrogen) atoms. The molecular weight excluding hydrogens is 356 g/mol. The molecule has 6 nitrogen and oxygen atoms in total. The average Bonchev–Trinajstić information content (AvgIpc) is 2.72. The zero-order valence-electron chi connectivity index (χ0n) is 16.5. The number of ether oxygens (including phenoxy) is 1. The summed E-state index contributed by atoms with van der Waals surface area (Å²) >= 11 is 0. The quantitative estimate of drug-likeness (QED) is 0.701. The molecule has 0 radical (unpaired) electrons. The van der Waals surface area contributed by atoms with Gasteiger partial charge in [0.15, 0.2) is 0 Å². The third-order valence-corrected chi connectivity index (χ3v) is 4.22. The Hall–Kier alpha value is -3.15. The number of hydrogen-bond acceptors (Lipinski definition) is 4. The van der Waals surface area contributed by atoms with E-state index in [0.717, 1.165) is 12.8 Å². The highest BCUT2D eigenvalue weighted by Crippen LogP contribution is 2.14. The van der Waals surface area contributed by atoms with Gasteiger partial charge in [0.2, 0.25) is 0 Å². The molecule has 0 spiro atoms. The van der Waals surface area contributed by atoms with E-state index >= 15 is 0 Å². The number of carbonyl (C=O) groups is 3. The fourth-order valence-corrected chi connectivity index (χ4v) is 2.62. The first-order chi connectivity index (χ1) is 13.5. The van der Waals surface area contributed by atoms with Gasteiger partial charge in [-0.15, -0.1) is 0 Å². The molecule has 6 heteroatoms. The van der Waals surface area contributed by atoms with E-state index in [2.05, 4.69) is 12.2 Å². The molecule has 1 N–H and O–H groups in total. The van der Waals surface area contributed by atoms with Gasteiger partial charge in [-0.1, -0.05) is 19.4 Å². The number of nitrogens with zero attached hydrogens (tertiary/aromatic N) is 1. The molecule has 0 atom stereocenters. The second-order valence-corrected chi connectivity index (χ2v) is 6.41. The van der Waals surface area contributed by atoms with Gasteiger partial charge in [-0.25, -0.2) is 4.79 Å². The average molecular weight is 382 g/mol. The molecule has 0 saturated carbocycles. The molecule has 0 aliphatic heterocycles. The summed E-state index contributed by atoms with van der Waals surface area (Å²) in [4.78, 5) is 38.4. The van der Waals surface area contributed by atoms with Gasteiger partial charge < -0.3 is 15.0 Å². The summed E-state index contributed by atoms with van der Waals surface area (Å²) in [6.45, 7) is 4.80. The van der Waals surface area contributed by atoms with Crippen molar-refractivity contribution in [2.24, 2.45) is 0 Å². The Labute approximate surface area is 165 Å². The number of carbonyl (C=O) groups excluding carboxylic acids is 3. The monoisotopic (exact) mass is 382 g/mol. The van der Waals surface area contributed by atoms with Crippen molar-refractivity contribution in [1.82, 2.24) is 4.90 Å². The number of benzene rings is 2. The Morgan fingerprint density at radius 3 is 2.29 bits per heavy atom. The smallest absolute Gasteiger partial charge is 0.338 e. The second-order valence-electron chi connectivity index (χ2n) is 6.41. The minimum atomic E-state index is -0.404. The molecule has 0 unspecified atom stereocenters. The highest BCUT2D eigenvalue weighted by molar-refractivity contribution is 6.06. The van der Waals surface area contributed by atoms with E-state index in [1.54, 1.807) is 67.4 Å². The molecule has 0 aliphatic carbocycles. The van der Waals surface area contributed by atoms with E-state index in [4.69, 9.17) is 4.74 Å². The number of nitrogens with one attached hydrogen (secondary N) is 1. The van der Waals surface area contributed by atoms with Crippen LogP contribution in [0.4, 0.5) is 5.69 Å². The molecule has 0 heterocycles. The van der Waals surface area contributed by atoms with Gasteiger partial charge in [-0.2, -0.15) is 0 Å². The number of unbranched alkanes of at least 4 members (excludes halogenated alkanes) is 1. The van der Waals surface area contributed by atoms with Crippen LogP contribution in [-0.2, 0) is 4.74 Å². The lowest BCUT2D eigenvalue weighted by Crippen LogP contribution is -2.28. The third kappa shape index (κ3) is 5.67. The summed E-state index contributed by atoms with van der Waals surface area (Å²) < 4.78 is 4.94. The summed E-state index contributed by atoms with van der Waals surface area (Å²) in [6.07, 6.45) is 1.94. The van der Waals surface area contributed by atoms with Crippen LogP contribution in [-0.4, -0.2) is 42.9 Å².